The van der Waals surface area contributed by atoms with Gasteiger partial charge in [0.25, 0.3) is 5.56 Å². The first-order valence-corrected chi connectivity index (χ1v) is 9.93. The Morgan fingerprint density at radius 2 is 1.79 bits per heavy atom. The third-order valence-corrected chi connectivity index (χ3v) is 5.79. The molecule has 0 aliphatic rings. The van der Waals surface area contributed by atoms with E-state index >= 15 is 0 Å². The number of aromatic carboxylic acids is 1. The molecule has 0 amide bonds. The molecule has 4 rings (SSSR count). The Kier molecular flexibility index (Phi) is 5.05. The first-order chi connectivity index (χ1) is 14.0. The van der Waals surface area contributed by atoms with Crippen LogP contribution in [0.1, 0.15) is 26.5 Å². The van der Waals surface area contributed by atoms with Gasteiger partial charge in [-0.2, -0.15) is 0 Å². The number of carboxylic acid groups (broad SMARTS) is 1. The number of fused-ring (bicyclic) bond motifs is 1. The summed E-state index contributed by atoms with van der Waals surface area (Å²) in [6.45, 7) is 2.00. The van der Waals surface area contributed by atoms with Crippen LogP contribution in [0.5, 0.6) is 0 Å². The van der Waals surface area contributed by atoms with Gasteiger partial charge in [0.1, 0.15) is 9.90 Å². The molecular weight excluding hydrogens is 408 g/mol. The van der Waals surface area contributed by atoms with Gasteiger partial charge in [-0.1, -0.05) is 89.2 Å². The molecule has 0 spiro atoms. The van der Waals surface area contributed by atoms with Crippen molar-refractivity contribution >= 4 is 46.0 Å². The second kappa shape index (κ2) is 7.66. The van der Waals surface area contributed by atoms with E-state index in [4.69, 9.17) is 11.6 Å². The van der Waals surface area contributed by atoms with E-state index in [1.54, 1.807) is 30.3 Å². The fraction of sp³-hybridized carbons (Fsp3) is 0.0455. The third kappa shape index (κ3) is 3.60. The molecule has 144 valence electrons. The van der Waals surface area contributed by atoms with E-state index in [1.807, 2.05) is 43.3 Å². The molecule has 0 saturated heterocycles. The summed E-state index contributed by atoms with van der Waals surface area (Å²) >= 11 is 7.27. The Bertz CT molecular complexity index is 1310. The van der Waals surface area contributed by atoms with E-state index in [-0.39, 0.29) is 20.6 Å². The average Bonchev–Trinajstić information content (AvgIpc) is 3.11. The maximum Gasteiger partial charge on any atom is 0.348 e. The highest BCUT2D eigenvalue weighted by Gasteiger charge is 2.23. The standard InChI is InChI=1S/C22H15ClN2O3S/c1-13-7-9-14(10-8-13)11-12-16-17(23)20(26)25-18(15-5-3-2-4-6-15)19(21(27)28)29-22(25)24-16/h2-12H,1H3,(H,27,28). The molecule has 2 aromatic heterocycles. The fourth-order valence-corrected chi connectivity index (χ4v) is 4.14. The molecule has 0 radical (unpaired) electrons. The molecule has 4 aromatic rings. The zero-order valence-corrected chi connectivity index (χ0v) is 16.9. The van der Waals surface area contributed by atoms with E-state index in [1.165, 1.54) is 4.40 Å². The van der Waals surface area contributed by atoms with Crippen molar-refractivity contribution in [3.8, 4) is 11.3 Å². The largest absolute Gasteiger partial charge is 0.477 e. The van der Waals surface area contributed by atoms with Gasteiger partial charge in [0.05, 0.1) is 11.4 Å². The topological polar surface area (TPSA) is 71.7 Å². The van der Waals surface area contributed by atoms with Crippen LogP contribution in [-0.4, -0.2) is 20.5 Å². The van der Waals surface area contributed by atoms with Crippen LogP contribution in [0.2, 0.25) is 5.02 Å². The Morgan fingerprint density at radius 3 is 2.45 bits per heavy atom. The second-order valence-electron chi connectivity index (χ2n) is 6.43. The van der Waals surface area contributed by atoms with Crippen molar-refractivity contribution in [1.82, 2.24) is 9.38 Å². The minimum absolute atomic E-state index is 0.0385. The number of aromatic nitrogens is 2. The average molecular weight is 423 g/mol. The number of hydrogen-bond donors (Lipinski definition) is 1. The SMILES string of the molecule is Cc1ccc(C=Cc2nc3sc(C(=O)O)c(-c4ccccc4)n3c(=O)c2Cl)cc1. The van der Waals surface area contributed by atoms with Crippen LogP contribution in [0, 0.1) is 6.92 Å². The van der Waals surface area contributed by atoms with Crippen LogP contribution in [0.15, 0.2) is 59.4 Å². The zero-order chi connectivity index (χ0) is 20.5. The zero-order valence-electron chi connectivity index (χ0n) is 15.3. The molecule has 0 saturated carbocycles. The second-order valence-corrected chi connectivity index (χ2v) is 7.78. The van der Waals surface area contributed by atoms with Crippen molar-refractivity contribution in [3.63, 3.8) is 0 Å². The summed E-state index contributed by atoms with van der Waals surface area (Å²) in [6, 6.07) is 16.7. The van der Waals surface area contributed by atoms with Gasteiger partial charge in [-0.25, -0.2) is 14.2 Å². The lowest BCUT2D eigenvalue weighted by molar-refractivity contribution is 0.0702. The number of carboxylic acids is 1. The van der Waals surface area contributed by atoms with Crippen molar-refractivity contribution in [1.29, 1.82) is 0 Å². The molecular formula is C22H15ClN2O3S. The van der Waals surface area contributed by atoms with Crippen LogP contribution in [-0.2, 0) is 0 Å². The van der Waals surface area contributed by atoms with Gasteiger partial charge in [-0.3, -0.25) is 4.79 Å². The van der Waals surface area contributed by atoms with E-state index in [0.717, 1.165) is 22.5 Å². The van der Waals surface area contributed by atoms with Crippen LogP contribution in [0.25, 0.3) is 28.4 Å². The highest BCUT2D eigenvalue weighted by molar-refractivity contribution is 7.19. The van der Waals surface area contributed by atoms with Crippen LogP contribution in [0.4, 0.5) is 0 Å². The van der Waals surface area contributed by atoms with Crippen LogP contribution < -0.4 is 5.56 Å². The molecule has 5 nitrogen and oxygen atoms in total. The summed E-state index contributed by atoms with van der Waals surface area (Å²) in [6.07, 6.45) is 3.48. The molecule has 2 aromatic carbocycles. The number of halogens is 1. The quantitative estimate of drug-likeness (QED) is 0.487. The molecule has 0 fully saturated rings. The lowest BCUT2D eigenvalue weighted by Crippen LogP contribution is -2.17. The predicted octanol–water partition coefficient (Wildman–Crippen LogP) is 5.25. The summed E-state index contributed by atoms with van der Waals surface area (Å²) in [5.74, 6) is -1.12. The Hall–Kier alpha value is -3.22. The summed E-state index contributed by atoms with van der Waals surface area (Å²) in [7, 11) is 0. The van der Waals surface area contributed by atoms with Crippen LogP contribution >= 0.6 is 22.9 Å². The highest BCUT2D eigenvalue weighted by atomic mass is 35.5. The molecule has 0 aliphatic carbocycles. The molecule has 0 aliphatic heterocycles. The number of thiazole rings is 1. The Balaban J connectivity index is 1.91. The third-order valence-electron chi connectivity index (χ3n) is 4.41. The predicted molar refractivity (Wildman–Crippen MR) is 117 cm³/mol. The van der Waals surface area contributed by atoms with Gasteiger partial charge in [-0.05, 0) is 18.6 Å². The maximum atomic E-state index is 13.0. The van der Waals surface area contributed by atoms with Gasteiger partial charge in [0.2, 0.25) is 0 Å². The molecule has 1 N–H and O–H groups in total. The minimum Gasteiger partial charge on any atom is -0.477 e. The lowest BCUT2D eigenvalue weighted by Gasteiger charge is -2.05. The van der Waals surface area contributed by atoms with Crippen molar-refractivity contribution in [3.05, 3.63) is 91.7 Å². The highest BCUT2D eigenvalue weighted by Crippen LogP contribution is 2.31. The normalized spacial score (nSPS) is 11.4. The minimum atomic E-state index is -1.12. The van der Waals surface area contributed by atoms with Gasteiger partial charge in [0, 0.05) is 5.56 Å². The Labute approximate surface area is 175 Å². The van der Waals surface area contributed by atoms with Gasteiger partial charge in [0.15, 0.2) is 4.96 Å². The fourth-order valence-electron chi connectivity index (χ4n) is 2.97. The van der Waals surface area contributed by atoms with Crippen LogP contribution in [0.3, 0.4) is 0 Å². The number of aryl methyl sites for hydroxylation is 1. The smallest absolute Gasteiger partial charge is 0.348 e. The monoisotopic (exact) mass is 422 g/mol. The molecule has 0 bridgehead atoms. The Morgan fingerprint density at radius 1 is 1.10 bits per heavy atom. The summed E-state index contributed by atoms with van der Waals surface area (Å²) in [4.78, 5) is 29.6. The van der Waals surface area contributed by atoms with E-state index in [2.05, 4.69) is 4.98 Å². The number of rotatable bonds is 4. The number of nitrogens with zero attached hydrogens (tertiary/aromatic N) is 2. The van der Waals surface area contributed by atoms with Gasteiger partial charge in [-0.15, -0.1) is 0 Å². The molecule has 29 heavy (non-hydrogen) atoms. The van der Waals surface area contributed by atoms with Crippen molar-refractivity contribution in [2.45, 2.75) is 6.92 Å². The van der Waals surface area contributed by atoms with Gasteiger partial charge < -0.3 is 5.11 Å². The summed E-state index contributed by atoms with van der Waals surface area (Å²) < 4.78 is 1.27. The van der Waals surface area contributed by atoms with Crippen molar-refractivity contribution in [2.24, 2.45) is 0 Å². The van der Waals surface area contributed by atoms with E-state index in [0.29, 0.717) is 11.3 Å². The lowest BCUT2D eigenvalue weighted by atomic mass is 10.1. The maximum absolute atomic E-state index is 13.0. The van der Waals surface area contributed by atoms with E-state index in [9.17, 15) is 14.7 Å². The van der Waals surface area contributed by atoms with Gasteiger partial charge >= 0.3 is 5.97 Å². The molecule has 0 atom stereocenters. The number of hydrogen-bond acceptors (Lipinski definition) is 4. The number of benzene rings is 2. The first-order valence-electron chi connectivity index (χ1n) is 8.74. The van der Waals surface area contributed by atoms with E-state index < -0.39 is 11.5 Å². The molecule has 0 unspecified atom stereocenters. The summed E-state index contributed by atoms with van der Waals surface area (Å²) in [5.41, 5.74) is 2.78. The number of carbonyl (C=O) groups is 1. The van der Waals surface area contributed by atoms with Crippen molar-refractivity contribution < 1.29 is 9.90 Å². The first kappa shape index (κ1) is 19.1. The molecule has 7 heteroatoms. The summed E-state index contributed by atoms with van der Waals surface area (Å²) in [5, 5.41) is 9.59. The molecule has 2 heterocycles. The van der Waals surface area contributed by atoms with Crippen molar-refractivity contribution in [2.75, 3.05) is 0 Å².